The van der Waals surface area contributed by atoms with Gasteiger partial charge in [0, 0.05) is 12.2 Å². The fourth-order valence-electron chi connectivity index (χ4n) is 4.49. The van der Waals surface area contributed by atoms with E-state index in [0.717, 1.165) is 5.56 Å². The number of aromatic nitrogens is 3. The molecule has 5 rings (SSSR count). The molecule has 4 aromatic carbocycles. The van der Waals surface area contributed by atoms with Gasteiger partial charge in [0.15, 0.2) is 0 Å². The highest BCUT2D eigenvalue weighted by atomic mass is 19.1. The summed E-state index contributed by atoms with van der Waals surface area (Å²) in [6.07, 6.45) is 0. The van der Waals surface area contributed by atoms with Crippen molar-refractivity contribution in [2.24, 2.45) is 0 Å². The SMILES string of the molecule is CCOc1ccc([C@H](C(=O)NCc2ccccc2)N(C(=O)Cn2nnc3ccccc32)c2ccc(F)cc2)cc1. The Balaban J connectivity index is 1.54. The van der Waals surface area contributed by atoms with Gasteiger partial charge >= 0.3 is 0 Å². The molecule has 1 atom stereocenters. The van der Waals surface area contributed by atoms with E-state index in [9.17, 15) is 14.0 Å². The van der Waals surface area contributed by atoms with Crippen molar-refractivity contribution in [2.75, 3.05) is 11.5 Å². The number of carbonyl (C=O) groups is 2. The molecule has 1 heterocycles. The Hall–Kier alpha value is -5.05. The smallest absolute Gasteiger partial charge is 0.249 e. The predicted octanol–water partition coefficient (Wildman–Crippen LogP) is 5.06. The van der Waals surface area contributed by atoms with Crippen LogP contribution < -0.4 is 15.0 Å². The van der Waals surface area contributed by atoms with Gasteiger partial charge in [0.1, 0.15) is 29.7 Å². The molecule has 0 aliphatic rings. The van der Waals surface area contributed by atoms with Gasteiger partial charge in [-0.05, 0) is 66.6 Å². The molecular formula is C31H28FN5O3. The molecule has 0 bridgehead atoms. The number of para-hydroxylation sites is 1. The van der Waals surface area contributed by atoms with Gasteiger partial charge in [-0.25, -0.2) is 9.07 Å². The van der Waals surface area contributed by atoms with Crippen LogP contribution in [0.15, 0.2) is 103 Å². The minimum absolute atomic E-state index is 0.183. The maximum absolute atomic E-state index is 14.0. The largest absolute Gasteiger partial charge is 0.494 e. The van der Waals surface area contributed by atoms with E-state index < -0.39 is 23.7 Å². The summed E-state index contributed by atoms with van der Waals surface area (Å²) >= 11 is 0. The first-order chi connectivity index (χ1) is 19.5. The van der Waals surface area contributed by atoms with E-state index in [1.54, 1.807) is 30.3 Å². The molecule has 0 spiro atoms. The van der Waals surface area contributed by atoms with Crippen molar-refractivity contribution in [3.05, 3.63) is 120 Å². The number of hydrogen-bond donors (Lipinski definition) is 1. The second-order valence-corrected chi connectivity index (χ2v) is 9.08. The third-order valence-electron chi connectivity index (χ3n) is 6.40. The molecule has 9 heteroatoms. The lowest BCUT2D eigenvalue weighted by Crippen LogP contribution is -2.45. The van der Waals surface area contributed by atoms with Crippen LogP contribution in [0.5, 0.6) is 5.75 Å². The molecule has 0 unspecified atom stereocenters. The quantitative estimate of drug-likeness (QED) is 0.269. The number of carbonyl (C=O) groups excluding carboxylic acids is 2. The van der Waals surface area contributed by atoms with Gasteiger partial charge in [0.2, 0.25) is 11.8 Å². The highest BCUT2D eigenvalue weighted by molar-refractivity contribution is 6.01. The van der Waals surface area contributed by atoms with Gasteiger partial charge in [0.05, 0.1) is 12.1 Å². The molecule has 5 aromatic rings. The summed E-state index contributed by atoms with van der Waals surface area (Å²) in [6, 6.07) is 28.3. The van der Waals surface area contributed by atoms with Crippen LogP contribution in [0.3, 0.4) is 0 Å². The summed E-state index contributed by atoms with van der Waals surface area (Å²) in [5.74, 6) is -0.627. The van der Waals surface area contributed by atoms with Crippen LogP contribution in [0.1, 0.15) is 24.1 Å². The topological polar surface area (TPSA) is 89.4 Å². The van der Waals surface area contributed by atoms with E-state index in [1.165, 1.54) is 33.8 Å². The lowest BCUT2D eigenvalue weighted by molar-refractivity contribution is -0.127. The zero-order chi connectivity index (χ0) is 27.9. The minimum atomic E-state index is -1.06. The van der Waals surface area contributed by atoms with E-state index in [1.807, 2.05) is 55.5 Å². The molecule has 0 radical (unpaired) electrons. The second-order valence-electron chi connectivity index (χ2n) is 9.08. The van der Waals surface area contributed by atoms with Crippen LogP contribution in [0.4, 0.5) is 10.1 Å². The fourth-order valence-corrected chi connectivity index (χ4v) is 4.49. The molecule has 0 saturated heterocycles. The molecule has 202 valence electrons. The van der Waals surface area contributed by atoms with Crippen molar-refractivity contribution >= 4 is 28.5 Å². The number of rotatable bonds is 10. The number of nitrogens with zero attached hydrogens (tertiary/aromatic N) is 4. The summed E-state index contributed by atoms with van der Waals surface area (Å²) in [4.78, 5) is 29.3. The van der Waals surface area contributed by atoms with Crippen molar-refractivity contribution in [1.29, 1.82) is 0 Å². The van der Waals surface area contributed by atoms with Crippen LogP contribution in [0.25, 0.3) is 11.0 Å². The normalized spacial score (nSPS) is 11.7. The molecule has 0 saturated carbocycles. The van der Waals surface area contributed by atoms with Gasteiger partial charge in [-0.1, -0.05) is 59.8 Å². The lowest BCUT2D eigenvalue weighted by Gasteiger charge is -2.31. The zero-order valence-corrected chi connectivity index (χ0v) is 21.9. The van der Waals surface area contributed by atoms with Crippen molar-refractivity contribution in [2.45, 2.75) is 26.1 Å². The number of fused-ring (bicyclic) bond motifs is 1. The van der Waals surface area contributed by atoms with Crippen molar-refractivity contribution in [1.82, 2.24) is 20.3 Å². The number of halogens is 1. The average molecular weight is 538 g/mol. The Morgan fingerprint density at radius 1 is 0.925 bits per heavy atom. The Morgan fingerprint density at radius 3 is 2.35 bits per heavy atom. The van der Waals surface area contributed by atoms with E-state index >= 15 is 0 Å². The second kappa shape index (κ2) is 12.2. The monoisotopic (exact) mass is 537 g/mol. The molecule has 1 aromatic heterocycles. The van der Waals surface area contributed by atoms with Crippen molar-refractivity contribution in [3.63, 3.8) is 0 Å². The maximum Gasteiger partial charge on any atom is 0.249 e. The first kappa shape index (κ1) is 26.6. The summed E-state index contributed by atoms with van der Waals surface area (Å²) < 4.78 is 21.0. The molecular weight excluding hydrogens is 509 g/mol. The lowest BCUT2D eigenvalue weighted by atomic mass is 10.0. The maximum atomic E-state index is 14.0. The van der Waals surface area contributed by atoms with Crippen LogP contribution >= 0.6 is 0 Å². The van der Waals surface area contributed by atoms with Gasteiger partial charge < -0.3 is 10.1 Å². The van der Waals surface area contributed by atoms with Gasteiger partial charge in [-0.3, -0.25) is 14.5 Å². The molecule has 8 nitrogen and oxygen atoms in total. The molecule has 0 fully saturated rings. The molecule has 2 amide bonds. The number of hydrogen-bond acceptors (Lipinski definition) is 5. The zero-order valence-electron chi connectivity index (χ0n) is 21.9. The standard InChI is InChI=1S/C31H28FN5O3/c1-2-40-26-18-12-23(13-19-26)30(31(39)33-20-22-8-4-3-5-9-22)37(25-16-14-24(32)15-17-25)29(38)21-36-28-11-7-6-10-27(28)34-35-36/h3-19,30H,2,20-21H2,1H3,(H,33,39)/t30-/m1/s1. The summed E-state index contributed by atoms with van der Waals surface area (Å²) in [7, 11) is 0. The van der Waals surface area contributed by atoms with Crippen molar-refractivity contribution < 1.29 is 18.7 Å². The van der Waals surface area contributed by atoms with Crippen LogP contribution in [-0.4, -0.2) is 33.4 Å². The van der Waals surface area contributed by atoms with Gasteiger partial charge in [0.25, 0.3) is 0 Å². The molecule has 0 aliphatic carbocycles. The molecule has 0 aliphatic heterocycles. The van der Waals surface area contributed by atoms with Crippen LogP contribution in [0.2, 0.25) is 0 Å². The highest BCUT2D eigenvalue weighted by Crippen LogP contribution is 2.30. The van der Waals surface area contributed by atoms with E-state index in [2.05, 4.69) is 15.6 Å². The van der Waals surface area contributed by atoms with E-state index in [0.29, 0.717) is 34.6 Å². The summed E-state index contributed by atoms with van der Waals surface area (Å²) in [5, 5.41) is 11.3. The first-order valence-corrected chi connectivity index (χ1v) is 12.9. The fraction of sp³-hybridized carbons (Fsp3) is 0.161. The van der Waals surface area contributed by atoms with Gasteiger partial charge in [-0.2, -0.15) is 0 Å². The minimum Gasteiger partial charge on any atom is -0.494 e. The average Bonchev–Trinajstić information content (AvgIpc) is 3.39. The van der Waals surface area contributed by atoms with Gasteiger partial charge in [-0.15, -0.1) is 5.10 Å². The van der Waals surface area contributed by atoms with Crippen molar-refractivity contribution in [3.8, 4) is 5.75 Å². The molecule has 1 N–H and O–H groups in total. The Morgan fingerprint density at radius 2 is 1.62 bits per heavy atom. The Labute approximate surface area is 231 Å². The number of benzene rings is 4. The van der Waals surface area contributed by atoms with E-state index in [4.69, 9.17) is 4.74 Å². The number of ether oxygens (including phenoxy) is 1. The number of nitrogens with one attached hydrogen (secondary N) is 1. The predicted molar refractivity (Wildman–Crippen MR) is 150 cm³/mol. The summed E-state index contributed by atoms with van der Waals surface area (Å²) in [6.45, 7) is 2.46. The third kappa shape index (κ3) is 5.99. The number of anilines is 1. The first-order valence-electron chi connectivity index (χ1n) is 12.9. The van der Waals surface area contributed by atoms with Crippen LogP contribution in [0, 0.1) is 5.82 Å². The highest BCUT2D eigenvalue weighted by Gasteiger charge is 2.33. The van der Waals surface area contributed by atoms with E-state index in [-0.39, 0.29) is 13.1 Å². The Bertz CT molecular complexity index is 1590. The number of amides is 2. The third-order valence-corrected chi connectivity index (χ3v) is 6.40. The molecule has 40 heavy (non-hydrogen) atoms. The van der Waals surface area contributed by atoms with Crippen LogP contribution in [-0.2, 0) is 22.7 Å². The Kier molecular flexibility index (Phi) is 8.10. The summed E-state index contributed by atoms with van der Waals surface area (Å²) in [5.41, 5.74) is 3.17.